The zero-order valence-electron chi connectivity index (χ0n) is 11.8. The molecule has 2 unspecified atom stereocenters. The minimum atomic E-state index is -0.414. The standard InChI is InChI=1S/C14H22N4O/c1-8-7-18(5-4-11(8)15)12-6-9(2)17-10(3)13(12)14(16)19/h6,8,11H,4-5,7,15H2,1-3H3,(H2,16,19). The van der Waals surface area contributed by atoms with Crippen LogP contribution in [0.3, 0.4) is 0 Å². The third-order valence-corrected chi connectivity index (χ3v) is 3.87. The average molecular weight is 262 g/mol. The molecule has 0 saturated carbocycles. The van der Waals surface area contributed by atoms with E-state index in [1.807, 2.05) is 19.9 Å². The van der Waals surface area contributed by atoms with Gasteiger partial charge in [0, 0.05) is 24.8 Å². The molecule has 1 aromatic rings. The van der Waals surface area contributed by atoms with Gasteiger partial charge >= 0.3 is 0 Å². The number of amides is 1. The molecule has 0 bridgehead atoms. The Bertz CT molecular complexity index is 500. The van der Waals surface area contributed by atoms with Crippen molar-refractivity contribution in [2.24, 2.45) is 17.4 Å². The van der Waals surface area contributed by atoms with Crippen LogP contribution in [-0.2, 0) is 0 Å². The Hall–Kier alpha value is -1.62. The molecule has 5 heteroatoms. The maximum absolute atomic E-state index is 11.7. The second-order valence-corrected chi connectivity index (χ2v) is 5.48. The zero-order chi connectivity index (χ0) is 14.2. The van der Waals surface area contributed by atoms with Crippen LogP contribution in [0, 0.1) is 19.8 Å². The highest BCUT2D eigenvalue weighted by atomic mass is 16.1. The summed E-state index contributed by atoms with van der Waals surface area (Å²) in [6.45, 7) is 7.61. The summed E-state index contributed by atoms with van der Waals surface area (Å²) in [5, 5.41) is 0. The van der Waals surface area contributed by atoms with E-state index in [1.54, 1.807) is 0 Å². The summed E-state index contributed by atoms with van der Waals surface area (Å²) >= 11 is 0. The molecule has 1 aromatic heterocycles. The van der Waals surface area contributed by atoms with E-state index in [4.69, 9.17) is 11.5 Å². The Morgan fingerprint density at radius 2 is 2.16 bits per heavy atom. The van der Waals surface area contributed by atoms with E-state index < -0.39 is 5.91 Å². The third kappa shape index (κ3) is 2.71. The van der Waals surface area contributed by atoms with Crippen molar-refractivity contribution < 1.29 is 4.79 Å². The molecule has 0 aliphatic carbocycles. The Kier molecular flexibility index (Phi) is 3.75. The summed E-state index contributed by atoms with van der Waals surface area (Å²) in [5.41, 5.74) is 14.6. The van der Waals surface area contributed by atoms with Gasteiger partial charge in [-0.25, -0.2) is 0 Å². The van der Waals surface area contributed by atoms with E-state index in [1.165, 1.54) is 0 Å². The molecule has 1 aliphatic rings. The Labute approximate surface area is 114 Å². The topological polar surface area (TPSA) is 85.2 Å². The largest absolute Gasteiger partial charge is 0.370 e. The fourth-order valence-electron chi connectivity index (χ4n) is 2.74. The van der Waals surface area contributed by atoms with Crippen LogP contribution < -0.4 is 16.4 Å². The van der Waals surface area contributed by atoms with Gasteiger partial charge in [0.1, 0.15) is 0 Å². The SMILES string of the molecule is Cc1cc(N2CCC(N)C(C)C2)c(C(N)=O)c(C)n1. The van der Waals surface area contributed by atoms with Crippen LogP contribution in [0.4, 0.5) is 5.69 Å². The molecule has 1 aliphatic heterocycles. The lowest BCUT2D eigenvalue weighted by Gasteiger charge is -2.37. The summed E-state index contributed by atoms with van der Waals surface area (Å²) < 4.78 is 0. The summed E-state index contributed by atoms with van der Waals surface area (Å²) in [7, 11) is 0. The average Bonchev–Trinajstić information content (AvgIpc) is 2.31. The number of carbonyl (C=O) groups excluding carboxylic acids is 1. The van der Waals surface area contributed by atoms with Gasteiger partial charge in [-0.15, -0.1) is 0 Å². The van der Waals surface area contributed by atoms with E-state index in [2.05, 4.69) is 16.8 Å². The van der Waals surface area contributed by atoms with Crippen LogP contribution >= 0.6 is 0 Å². The summed E-state index contributed by atoms with van der Waals surface area (Å²) in [6, 6.07) is 2.17. The fraction of sp³-hybridized carbons (Fsp3) is 0.571. The number of aromatic nitrogens is 1. The zero-order valence-corrected chi connectivity index (χ0v) is 11.8. The lowest BCUT2D eigenvalue weighted by Crippen LogP contribution is -2.46. The smallest absolute Gasteiger partial charge is 0.252 e. The maximum Gasteiger partial charge on any atom is 0.252 e. The normalized spacial score (nSPS) is 23.5. The summed E-state index contributed by atoms with van der Waals surface area (Å²) in [5.74, 6) is -0.00854. The van der Waals surface area contributed by atoms with Crippen molar-refractivity contribution >= 4 is 11.6 Å². The number of hydrogen-bond donors (Lipinski definition) is 2. The van der Waals surface area contributed by atoms with Crippen molar-refractivity contribution in [2.75, 3.05) is 18.0 Å². The monoisotopic (exact) mass is 262 g/mol. The van der Waals surface area contributed by atoms with E-state index in [0.717, 1.165) is 30.9 Å². The van der Waals surface area contributed by atoms with Gasteiger partial charge in [-0.3, -0.25) is 9.78 Å². The van der Waals surface area contributed by atoms with Crippen LogP contribution in [0.5, 0.6) is 0 Å². The van der Waals surface area contributed by atoms with Crippen molar-refractivity contribution in [3.8, 4) is 0 Å². The molecular weight excluding hydrogens is 240 g/mol. The summed E-state index contributed by atoms with van der Waals surface area (Å²) in [6.07, 6.45) is 0.930. The molecule has 2 heterocycles. The van der Waals surface area contributed by atoms with Crippen LogP contribution in [0.25, 0.3) is 0 Å². The Morgan fingerprint density at radius 1 is 1.47 bits per heavy atom. The number of primary amides is 1. The van der Waals surface area contributed by atoms with E-state index in [-0.39, 0.29) is 6.04 Å². The number of rotatable bonds is 2. The van der Waals surface area contributed by atoms with Gasteiger partial charge in [0.25, 0.3) is 5.91 Å². The first kappa shape index (κ1) is 13.8. The number of pyridine rings is 1. The fourth-order valence-corrected chi connectivity index (χ4v) is 2.74. The molecule has 0 spiro atoms. The number of piperidine rings is 1. The molecule has 0 aromatic carbocycles. The lowest BCUT2D eigenvalue weighted by atomic mass is 9.93. The van der Waals surface area contributed by atoms with Gasteiger partial charge in [0.2, 0.25) is 0 Å². The molecule has 0 radical (unpaired) electrons. The molecule has 2 atom stereocenters. The highest BCUT2D eigenvalue weighted by Gasteiger charge is 2.26. The molecule has 5 nitrogen and oxygen atoms in total. The third-order valence-electron chi connectivity index (χ3n) is 3.87. The maximum atomic E-state index is 11.7. The molecule has 1 saturated heterocycles. The van der Waals surface area contributed by atoms with Gasteiger partial charge in [-0.05, 0) is 32.3 Å². The first-order valence-corrected chi connectivity index (χ1v) is 6.68. The van der Waals surface area contributed by atoms with Crippen LogP contribution in [0.2, 0.25) is 0 Å². The number of carbonyl (C=O) groups is 1. The van der Waals surface area contributed by atoms with E-state index in [0.29, 0.717) is 17.2 Å². The van der Waals surface area contributed by atoms with Gasteiger partial charge < -0.3 is 16.4 Å². The highest BCUT2D eigenvalue weighted by molar-refractivity contribution is 5.99. The molecular formula is C14H22N4O. The van der Waals surface area contributed by atoms with Crippen molar-refractivity contribution in [3.05, 3.63) is 23.0 Å². The van der Waals surface area contributed by atoms with Gasteiger partial charge in [0.05, 0.1) is 16.9 Å². The van der Waals surface area contributed by atoms with Gasteiger partial charge in [-0.2, -0.15) is 0 Å². The van der Waals surface area contributed by atoms with E-state index >= 15 is 0 Å². The number of nitrogens with zero attached hydrogens (tertiary/aromatic N) is 2. The van der Waals surface area contributed by atoms with Crippen molar-refractivity contribution in [2.45, 2.75) is 33.2 Å². The predicted molar refractivity (Wildman–Crippen MR) is 76.2 cm³/mol. The number of aryl methyl sites for hydroxylation is 2. The van der Waals surface area contributed by atoms with Crippen LogP contribution in [0.15, 0.2) is 6.07 Å². The van der Waals surface area contributed by atoms with Gasteiger partial charge in [0.15, 0.2) is 0 Å². The Balaban J connectivity index is 2.41. The molecule has 1 fully saturated rings. The van der Waals surface area contributed by atoms with Crippen molar-refractivity contribution in [1.29, 1.82) is 0 Å². The Morgan fingerprint density at radius 3 is 2.74 bits per heavy atom. The number of anilines is 1. The van der Waals surface area contributed by atoms with Crippen molar-refractivity contribution in [1.82, 2.24) is 4.98 Å². The first-order chi connectivity index (χ1) is 8.90. The molecule has 2 rings (SSSR count). The minimum absolute atomic E-state index is 0.234. The number of nitrogens with two attached hydrogens (primary N) is 2. The summed E-state index contributed by atoms with van der Waals surface area (Å²) in [4.78, 5) is 18.2. The van der Waals surface area contributed by atoms with Gasteiger partial charge in [-0.1, -0.05) is 6.92 Å². The highest BCUT2D eigenvalue weighted by Crippen LogP contribution is 2.28. The van der Waals surface area contributed by atoms with Crippen LogP contribution in [-0.4, -0.2) is 30.0 Å². The predicted octanol–water partition coefficient (Wildman–Crippen LogP) is 0.971. The van der Waals surface area contributed by atoms with Crippen molar-refractivity contribution in [3.63, 3.8) is 0 Å². The number of hydrogen-bond acceptors (Lipinski definition) is 4. The van der Waals surface area contributed by atoms with Crippen LogP contribution in [0.1, 0.15) is 35.1 Å². The van der Waals surface area contributed by atoms with E-state index in [9.17, 15) is 4.79 Å². The lowest BCUT2D eigenvalue weighted by molar-refractivity contribution is 0.0999. The second-order valence-electron chi connectivity index (χ2n) is 5.48. The quantitative estimate of drug-likeness (QED) is 0.831. The second kappa shape index (κ2) is 5.17. The molecule has 19 heavy (non-hydrogen) atoms. The molecule has 4 N–H and O–H groups in total. The first-order valence-electron chi connectivity index (χ1n) is 6.68. The minimum Gasteiger partial charge on any atom is -0.370 e. The molecule has 1 amide bonds. The molecule has 104 valence electrons.